The predicted octanol–water partition coefficient (Wildman–Crippen LogP) is 4.94. The average molecular weight is 434 g/mol. The number of fused-ring (bicyclic) bond motifs is 1. The van der Waals surface area contributed by atoms with Crippen LogP contribution in [-0.2, 0) is 4.79 Å². The first-order valence-electron chi connectivity index (χ1n) is 9.26. The van der Waals surface area contributed by atoms with E-state index in [1.165, 1.54) is 29.1 Å². The number of amides is 1. The number of halogens is 1. The molecule has 1 N–H and O–H groups in total. The Morgan fingerprint density at radius 1 is 1.10 bits per heavy atom. The van der Waals surface area contributed by atoms with Crippen LogP contribution in [0.5, 0.6) is 0 Å². The topological polar surface area (TPSA) is 103 Å². The fourth-order valence-electron chi connectivity index (χ4n) is 2.98. The lowest BCUT2D eigenvalue weighted by Gasteiger charge is -2.05. The first-order valence-corrected chi connectivity index (χ1v) is 9.64. The summed E-state index contributed by atoms with van der Waals surface area (Å²) in [4.78, 5) is 24.3. The molecule has 0 aliphatic carbocycles. The van der Waals surface area contributed by atoms with Gasteiger partial charge in [0, 0.05) is 28.9 Å². The van der Waals surface area contributed by atoms with Gasteiger partial charge in [0.15, 0.2) is 0 Å². The molecule has 1 heterocycles. The van der Waals surface area contributed by atoms with Gasteiger partial charge in [-0.05, 0) is 60.5 Å². The quantitative estimate of drug-likeness (QED) is 0.272. The number of carbonyl (C=O) groups is 1. The van der Waals surface area contributed by atoms with Crippen molar-refractivity contribution < 1.29 is 9.72 Å². The van der Waals surface area contributed by atoms with Crippen molar-refractivity contribution in [3.63, 3.8) is 0 Å². The van der Waals surface area contributed by atoms with Gasteiger partial charge in [0.1, 0.15) is 11.0 Å². The normalized spacial score (nSPS) is 11.2. The number of hydrogen-bond acceptors (Lipinski definition) is 5. The molecular weight excluding hydrogens is 418 g/mol. The highest BCUT2D eigenvalue weighted by Crippen LogP contribution is 2.23. The maximum absolute atomic E-state index is 12.4. The first kappa shape index (κ1) is 20.2. The lowest BCUT2D eigenvalue weighted by Crippen LogP contribution is -2.08. The van der Waals surface area contributed by atoms with Crippen molar-refractivity contribution in [2.75, 3.05) is 5.32 Å². The molecule has 0 saturated heterocycles. The van der Waals surface area contributed by atoms with Crippen molar-refractivity contribution >= 4 is 46.0 Å². The highest BCUT2D eigenvalue weighted by Gasteiger charge is 2.10. The minimum atomic E-state index is -0.479. The Labute approximate surface area is 181 Å². The Bertz CT molecular complexity index is 1330. The minimum Gasteiger partial charge on any atom is -0.322 e. The molecule has 0 spiro atoms. The highest BCUT2D eigenvalue weighted by atomic mass is 35.5. The smallest absolute Gasteiger partial charge is 0.270 e. The van der Waals surface area contributed by atoms with Crippen LogP contribution in [0.4, 0.5) is 11.4 Å². The van der Waals surface area contributed by atoms with E-state index in [0.717, 1.165) is 11.3 Å². The molecule has 0 atom stereocenters. The molecule has 0 aliphatic heterocycles. The van der Waals surface area contributed by atoms with Gasteiger partial charge in [-0.2, -0.15) is 4.80 Å². The van der Waals surface area contributed by atoms with E-state index in [1.807, 2.05) is 25.1 Å². The number of nitrogens with one attached hydrogen (secondary N) is 1. The zero-order valence-electron chi connectivity index (χ0n) is 16.3. The lowest BCUT2D eigenvalue weighted by atomic mass is 10.1. The molecule has 1 aromatic heterocycles. The molecule has 0 saturated carbocycles. The number of rotatable bonds is 5. The summed E-state index contributed by atoms with van der Waals surface area (Å²) in [6.45, 7) is 1.86. The summed E-state index contributed by atoms with van der Waals surface area (Å²) >= 11 is 5.93. The summed E-state index contributed by atoms with van der Waals surface area (Å²) in [5.41, 5.74) is 4.03. The maximum atomic E-state index is 12.4. The van der Waals surface area contributed by atoms with E-state index < -0.39 is 4.92 Å². The fraction of sp³-hybridized carbons (Fsp3) is 0.0455. The molecule has 31 heavy (non-hydrogen) atoms. The number of benzene rings is 3. The number of anilines is 1. The third-order valence-corrected chi connectivity index (χ3v) is 4.80. The Morgan fingerprint density at radius 2 is 1.81 bits per heavy atom. The molecule has 0 aliphatic rings. The van der Waals surface area contributed by atoms with Gasteiger partial charge in [-0.3, -0.25) is 14.9 Å². The SMILES string of the molecule is Cc1cc2nn(-c3ccc(Cl)cc3)nc2cc1NC(=O)/C=C/c1cccc([N+](=O)[O-])c1. The van der Waals surface area contributed by atoms with Crippen molar-refractivity contribution in [2.24, 2.45) is 0 Å². The molecule has 8 nitrogen and oxygen atoms in total. The molecule has 3 aromatic carbocycles. The molecular formula is C22H16ClN5O3. The van der Waals surface area contributed by atoms with E-state index in [4.69, 9.17) is 11.6 Å². The van der Waals surface area contributed by atoms with Gasteiger partial charge in [-0.1, -0.05) is 23.7 Å². The van der Waals surface area contributed by atoms with E-state index in [0.29, 0.717) is 27.3 Å². The number of nitro groups is 1. The molecule has 0 fully saturated rings. The van der Waals surface area contributed by atoms with Gasteiger partial charge in [0.25, 0.3) is 5.69 Å². The van der Waals surface area contributed by atoms with Crippen molar-refractivity contribution in [1.82, 2.24) is 15.0 Å². The third-order valence-electron chi connectivity index (χ3n) is 4.55. The number of aryl methyl sites for hydroxylation is 1. The number of hydrogen-bond donors (Lipinski definition) is 1. The summed E-state index contributed by atoms with van der Waals surface area (Å²) in [6.07, 6.45) is 2.85. The summed E-state index contributed by atoms with van der Waals surface area (Å²) in [7, 11) is 0. The summed E-state index contributed by atoms with van der Waals surface area (Å²) in [5, 5.41) is 23.2. The van der Waals surface area contributed by atoms with Gasteiger partial charge < -0.3 is 5.32 Å². The van der Waals surface area contributed by atoms with Crippen LogP contribution in [0.2, 0.25) is 5.02 Å². The Balaban J connectivity index is 1.54. The molecule has 0 bridgehead atoms. The molecule has 0 unspecified atom stereocenters. The van der Waals surface area contributed by atoms with E-state index in [9.17, 15) is 14.9 Å². The second-order valence-electron chi connectivity index (χ2n) is 6.80. The summed E-state index contributed by atoms with van der Waals surface area (Å²) in [6, 6.07) is 16.8. The zero-order valence-corrected chi connectivity index (χ0v) is 17.1. The van der Waals surface area contributed by atoms with Gasteiger partial charge >= 0.3 is 0 Å². The van der Waals surface area contributed by atoms with Gasteiger partial charge in [-0.15, -0.1) is 10.2 Å². The monoisotopic (exact) mass is 433 g/mol. The molecule has 1 amide bonds. The zero-order chi connectivity index (χ0) is 22.0. The minimum absolute atomic E-state index is 0.0346. The van der Waals surface area contributed by atoms with Crippen LogP contribution in [-0.4, -0.2) is 25.8 Å². The standard InChI is InChI=1S/C22H16ClN5O3/c1-14-11-20-21(26-27(25-20)17-8-6-16(23)7-9-17)13-19(14)24-22(29)10-5-15-3-2-4-18(12-15)28(30)31/h2-13H,1H3,(H,24,29)/b10-5+. The number of aromatic nitrogens is 3. The van der Waals surface area contributed by atoms with Gasteiger partial charge in [-0.25, -0.2) is 0 Å². The number of nitro benzene ring substituents is 1. The van der Waals surface area contributed by atoms with E-state index in [-0.39, 0.29) is 11.6 Å². The van der Waals surface area contributed by atoms with Crippen LogP contribution in [0.3, 0.4) is 0 Å². The number of nitrogens with zero attached hydrogens (tertiary/aromatic N) is 4. The van der Waals surface area contributed by atoms with Crippen LogP contribution >= 0.6 is 11.6 Å². The molecule has 9 heteroatoms. The van der Waals surface area contributed by atoms with E-state index in [1.54, 1.807) is 30.3 Å². The van der Waals surface area contributed by atoms with Crippen molar-refractivity contribution in [3.8, 4) is 5.69 Å². The first-order chi connectivity index (χ1) is 14.9. The van der Waals surface area contributed by atoms with Crippen molar-refractivity contribution in [1.29, 1.82) is 0 Å². The fourth-order valence-corrected chi connectivity index (χ4v) is 3.11. The maximum Gasteiger partial charge on any atom is 0.270 e. The largest absolute Gasteiger partial charge is 0.322 e. The van der Waals surface area contributed by atoms with Crippen LogP contribution in [0, 0.1) is 17.0 Å². The van der Waals surface area contributed by atoms with Gasteiger partial charge in [0.2, 0.25) is 5.91 Å². The van der Waals surface area contributed by atoms with Gasteiger partial charge in [0.05, 0.1) is 10.6 Å². The summed E-state index contributed by atoms with van der Waals surface area (Å²) in [5.74, 6) is -0.362. The summed E-state index contributed by atoms with van der Waals surface area (Å²) < 4.78 is 0. The van der Waals surface area contributed by atoms with Crippen LogP contribution in [0.15, 0.2) is 66.7 Å². The van der Waals surface area contributed by atoms with Crippen LogP contribution in [0.1, 0.15) is 11.1 Å². The van der Waals surface area contributed by atoms with Crippen molar-refractivity contribution in [3.05, 3.63) is 93.0 Å². The highest BCUT2D eigenvalue weighted by molar-refractivity contribution is 6.30. The third kappa shape index (κ3) is 4.59. The van der Waals surface area contributed by atoms with Crippen LogP contribution in [0.25, 0.3) is 22.8 Å². The molecule has 0 radical (unpaired) electrons. The molecule has 4 aromatic rings. The lowest BCUT2D eigenvalue weighted by molar-refractivity contribution is -0.384. The Hall–Kier alpha value is -4.04. The van der Waals surface area contributed by atoms with E-state index in [2.05, 4.69) is 15.5 Å². The average Bonchev–Trinajstić information content (AvgIpc) is 3.16. The number of carbonyl (C=O) groups excluding carboxylic acids is 1. The second-order valence-corrected chi connectivity index (χ2v) is 7.23. The molecule has 4 rings (SSSR count). The second kappa shape index (κ2) is 8.37. The predicted molar refractivity (Wildman–Crippen MR) is 119 cm³/mol. The van der Waals surface area contributed by atoms with Crippen LogP contribution < -0.4 is 5.32 Å². The Kier molecular flexibility index (Phi) is 5.46. The molecule has 154 valence electrons. The van der Waals surface area contributed by atoms with Crippen molar-refractivity contribution in [2.45, 2.75) is 6.92 Å². The number of non-ortho nitro benzene ring substituents is 1. The Morgan fingerprint density at radius 3 is 2.52 bits per heavy atom. The van der Waals surface area contributed by atoms with E-state index >= 15 is 0 Å².